The summed E-state index contributed by atoms with van der Waals surface area (Å²) in [5, 5.41) is 11.7. The van der Waals surface area contributed by atoms with Crippen LogP contribution in [0.15, 0.2) is 158 Å². The molecule has 0 saturated carbocycles. The maximum atomic E-state index is 14.9. The number of para-hydroxylation sites is 3. The monoisotopic (exact) mass is 666 g/mol. The number of benzene rings is 7. The zero-order chi connectivity index (χ0) is 35.3. The molecule has 2 amide bonds. The van der Waals surface area contributed by atoms with Gasteiger partial charge < -0.3 is 4.57 Å². The maximum Gasteiger partial charge on any atom is 0.268 e. The Morgan fingerprint density at radius 3 is 1.79 bits per heavy atom. The number of carbonyl (C=O) groups is 2. The molecule has 52 heavy (non-hydrogen) atoms. The molecule has 0 fully saturated rings. The minimum atomic E-state index is -0.412. The second-order valence-corrected chi connectivity index (χ2v) is 12.6. The van der Waals surface area contributed by atoms with Crippen molar-refractivity contribution in [2.24, 2.45) is 0 Å². The van der Waals surface area contributed by atoms with Gasteiger partial charge in [0.1, 0.15) is 0 Å². The van der Waals surface area contributed by atoms with E-state index in [4.69, 9.17) is 6.57 Å². The molecular formula is C46H26N4O2. The summed E-state index contributed by atoms with van der Waals surface area (Å²) >= 11 is 0. The molecule has 1 aromatic heterocycles. The van der Waals surface area contributed by atoms with Gasteiger partial charge in [-0.1, -0.05) is 121 Å². The van der Waals surface area contributed by atoms with Crippen LogP contribution in [0, 0.1) is 17.9 Å². The zero-order valence-corrected chi connectivity index (χ0v) is 27.6. The lowest BCUT2D eigenvalue weighted by molar-refractivity contribution is 0.0926. The highest BCUT2D eigenvalue weighted by atomic mass is 16.2. The van der Waals surface area contributed by atoms with E-state index in [1.165, 1.54) is 4.90 Å². The Balaban J connectivity index is 1.37. The molecule has 242 valence electrons. The summed E-state index contributed by atoms with van der Waals surface area (Å²) in [5.74, 6) is -0.802. The van der Waals surface area contributed by atoms with Crippen LogP contribution < -0.4 is 4.90 Å². The molecule has 0 N–H and O–H groups in total. The predicted molar refractivity (Wildman–Crippen MR) is 206 cm³/mol. The average molecular weight is 667 g/mol. The van der Waals surface area contributed by atoms with Gasteiger partial charge in [-0.15, -0.1) is 0 Å². The fourth-order valence-corrected chi connectivity index (χ4v) is 7.52. The number of carbonyl (C=O) groups excluding carboxylic acids is 2. The topological polar surface area (TPSA) is 70.5 Å². The van der Waals surface area contributed by atoms with Gasteiger partial charge in [-0.2, -0.15) is 5.26 Å². The van der Waals surface area contributed by atoms with Crippen molar-refractivity contribution in [2.75, 3.05) is 4.90 Å². The van der Waals surface area contributed by atoms with E-state index in [0.29, 0.717) is 33.8 Å². The molecule has 0 radical (unpaired) electrons. The van der Waals surface area contributed by atoms with Crippen LogP contribution in [0.25, 0.3) is 65.7 Å². The molecule has 0 aliphatic carbocycles. The van der Waals surface area contributed by atoms with Gasteiger partial charge in [-0.3, -0.25) is 9.59 Å². The SMILES string of the molecule is [C-]#[N+]c1cccc(-c2cccc3c4cccc(-c5cccc(C#N)c5)c4n(-c4cccc5c4C(=O)N(c4ccccc4-c4ccccc4)C5=O)c23)c1. The van der Waals surface area contributed by atoms with Crippen molar-refractivity contribution in [1.82, 2.24) is 4.57 Å². The number of amides is 2. The van der Waals surface area contributed by atoms with Crippen LogP contribution in [-0.2, 0) is 0 Å². The lowest BCUT2D eigenvalue weighted by atomic mass is 9.99. The van der Waals surface area contributed by atoms with E-state index < -0.39 is 11.8 Å². The number of rotatable bonds is 5. The Hall–Kier alpha value is -7.54. The highest BCUT2D eigenvalue weighted by Crippen LogP contribution is 2.45. The molecule has 1 aliphatic heterocycles. The van der Waals surface area contributed by atoms with Gasteiger partial charge in [-0.05, 0) is 53.1 Å². The average Bonchev–Trinajstić information content (AvgIpc) is 3.68. The molecule has 0 bridgehead atoms. The number of imide groups is 1. The largest absolute Gasteiger partial charge is 0.307 e. The fourth-order valence-electron chi connectivity index (χ4n) is 7.52. The number of nitrogens with zero attached hydrogens (tertiary/aromatic N) is 4. The molecule has 0 atom stereocenters. The van der Waals surface area contributed by atoms with Crippen LogP contribution >= 0.6 is 0 Å². The van der Waals surface area contributed by atoms with E-state index in [9.17, 15) is 14.9 Å². The molecule has 1 aliphatic rings. The van der Waals surface area contributed by atoms with Crippen LogP contribution in [0.4, 0.5) is 11.4 Å². The van der Waals surface area contributed by atoms with E-state index in [1.54, 1.807) is 18.2 Å². The van der Waals surface area contributed by atoms with Gasteiger partial charge >= 0.3 is 0 Å². The summed E-state index contributed by atoms with van der Waals surface area (Å²) < 4.78 is 2.09. The summed E-state index contributed by atoms with van der Waals surface area (Å²) in [4.78, 5) is 34.3. The van der Waals surface area contributed by atoms with Gasteiger partial charge in [-0.25, -0.2) is 9.74 Å². The molecule has 0 saturated heterocycles. The minimum Gasteiger partial charge on any atom is -0.307 e. The first-order chi connectivity index (χ1) is 25.6. The summed E-state index contributed by atoms with van der Waals surface area (Å²) in [6.07, 6.45) is 0. The summed E-state index contributed by atoms with van der Waals surface area (Å²) in [7, 11) is 0. The number of hydrogen-bond acceptors (Lipinski definition) is 3. The predicted octanol–water partition coefficient (Wildman–Crippen LogP) is 11.0. The Kier molecular flexibility index (Phi) is 7.10. The molecule has 0 spiro atoms. The van der Waals surface area contributed by atoms with Crippen molar-refractivity contribution < 1.29 is 9.59 Å². The molecule has 9 rings (SSSR count). The van der Waals surface area contributed by atoms with E-state index in [-0.39, 0.29) is 0 Å². The second kappa shape index (κ2) is 12.1. The van der Waals surface area contributed by atoms with Gasteiger partial charge in [0.25, 0.3) is 11.8 Å². The fraction of sp³-hybridized carbons (Fsp3) is 0. The van der Waals surface area contributed by atoms with E-state index in [0.717, 1.165) is 55.2 Å². The first-order valence-corrected chi connectivity index (χ1v) is 16.8. The Bertz CT molecular complexity index is 2760. The highest BCUT2D eigenvalue weighted by Gasteiger charge is 2.40. The number of fused-ring (bicyclic) bond motifs is 4. The molecule has 2 heterocycles. The van der Waals surface area contributed by atoms with Gasteiger partial charge in [0.2, 0.25) is 0 Å². The van der Waals surface area contributed by atoms with Crippen molar-refractivity contribution in [2.45, 2.75) is 0 Å². The van der Waals surface area contributed by atoms with Gasteiger partial charge in [0, 0.05) is 27.5 Å². The Morgan fingerprint density at radius 2 is 1.08 bits per heavy atom. The lowest BCUT2D eigenvalue weighted by Crippen LogP contribution is -2.30. The van der Waals surface area contributed by atoms with E-state index in [2.05, 4.69) is 27.6 Å². The number of aromatic nitrogens is 1. The van der Waals surface area contributed by atoms with E-state index in [1.807, 2.05) is 127 Å². The molecule has 8 aromatic rings. The van der Waals surface area contributed by atoms with Crippen LogP contribution in [0.5, 0.6) is 0 Å². The summed E-state index contributed by atoms with van der Waals surface area (Å²) in [5.41, 5.74) is 9.52. The van der Waals surface area contributed by atoms with Crippen molar-refractivity contribution in [3.63, 3.8) is 0 Å². The quantitative estimate of drug-likeness (QED) is 0.136. The molecule has 6 heteroatoms. The maximum absolute atomic E-state index is 14.9. The lowest BCUT2D eigenvalue weighted by Gasteiger charge is -2.19. The molecule has 7 aromatic carbocycles. The number of anilines is 1. The third kappa shape index (κ3) is 4.64. The normalized spacial score (nSPS) is 12.2. The van der Waals surface area contributed by atoms with Crippen molar-refractivity contribution in [3.8, 4) is 45.1 Å². The van der Waals surface area contributed by atoms with Crippen molar-refractivity contribution in [3.05, 3.63) is 186 Å². The molecular weight excluding hydrogens is 641 g/mol. The van der Waals surface area contributed by atoms with E-state index >= 15 is 0 Å². The zero-order valence-electron chi connectivity index (χ0n) is 27.6. The van der Waals surface area contributed by atoms with Crippen LogP contribution in [0.1, 0.15) is 26.3 Å². The number of nitriles is 1. The third-order valence-electron chi connectivity index (χ3n) is 9.76. The molecule has 6 nitrogen and oxygen atoms in total. The third-order valence-corrected chi connectivity index (χ3v) is 9.76. The van der Waals surface area contributed by atoms with Crippen LogP contribution in [0.3, 0.4) is 0 Å². The van der Waals surface area contributed by atoms with Crippen molar-refractivity contribution in [1.29, 1.82) is 5.26 Å². The summed E-state index contributed by atoms with van der Waals surface area (Å²) in [6, 6.07) is 52.1. The van der Waals surface area contributed by atoms with Crippen molar-refractivity contribution >= 4 is 45.0 Å². The first-order valence-electron chi connectivity index (χ1n) is 16.8. The standard InChI is InChI=1S/C46H26N4O2/c1-48-33-17-8-16-32(27-33)36-20-10-22-38-37-21-9-19-35(31-15-7-12-29(26-31)28-47)43(37)49(44(36)38)41-25-11-23-39-42(41)46(52)50(45(39)51)40-24-6-5-18-34(40)30-13-3-2-4-14-30/h2-27H. The summed E-state index contributed by atoms with van der Waals surface area (Å²) in [6.45, 7) is 7.69. The Labute approximate surface area is 299 Å². The molecule has 0 unspecified atom stereocenters. The highest BCUT2D eigenvalue weighted by molar-refractivity contribution is 6.36. The first kappa shape index (κ1) is 30.5. The van der Waals surface area contributed by atoms with Crippen LogP contribution in [0.2, 0.25) is 0 Å². The Morgan fingerprint density at radius 1 is 0.519 bits per heavy atom. The smallest absolute Gasteiger partial charge is 0.268 e. The minimum absolute atomic E-state index is 0.305. The second-order valence-electron chi connectivity index (χ2n) is 12.6. The van der Waals surface area contributed by atoms with Gasteiger partial charge in [0.15, 0.2) is 5.69 Å². The van der Waals surface area contributed by atoms with Gasteiger partial charge in [0.05, 0.1) is 51.7 Å². The number of hydrogen-bond donors (Lipinski definition) is 0. The van der Waals surface area contributed by atoms with Crippen LogP contribution in [-0.4, -0.2) is 16.4 Å².